The second-order valence-electron chi connectivity index (χ2n) is 5.11. The highest BCUT2D eigenvalue weighted by Gasteiger charge is 2.48. The fourth-order valence-electron chi connectivity index (χ4n) is 2.21. The number of allylic oxidation sites excluding steroid dienone is 2. The van der Waals surface area contributed by atoms with Crippen LogP contribution in [-0.4, -0.2) is 22.3 Å². The van der Waals surface area contributed by atoms with E-state index in [1.54, 1.807) is 36.4 Å². The zero-order valence-corrected chi connectivity index (χ0v) is 12.0. The summed E-state index contributed by atoms with van der Waals surface area (Å²) in [4.78, 5) is 23.6. The lowest BCUT2D eigenvalue weighted by atomic mass is 9.86. The van der Waals surface area contributed by atoms with Crippen molar-refractivity contribution in [2.75, 3.05) is 0 Å². The average Bonchev–Trinajstić information content (AvgIpc) is 2.47. The Labute approximate surface area is 123 Å². The van der Waals surface area contributed by atoms with E-state index in [9.17, 15) is 14.9 Å². The molecule has 0 aliphatic heterocycles. The zero-order valence-electron chi connectivity index (χ0n) is 12.0. The lowest BCUT2D eigenvalue weighted by molar-refractivity contribution is -0.521. The highest BCUT2D eigenvalue weighted by Crippen LogP contribution is 2.29. The standard InChI is InChI=1S/C16H17NO4/c1-12(2)21-14-9-5-4-8-13(14)15(18)16(17(19)20)10-6-3-7-11-16/h4-12H,3H2,1-2H3. The van der Waals surface area contributed by atoms with E-state index in [1.165, 1.54) is 12.2 Å². The van der Waals surface area contributed by atoms with E-state index in [-0.39, 0.29) is 11.7 Å². The molecular weight excluding hydrogens is 270 g/mol. The number of nitrogens with zero attached hydrogens (tertiary/aromatic N) is 1. The van der Waals surface area contributed by atoms with Gasteiger partial charge < -0.3 is 4.74 Å². The number of ketones is 1. The normalized spacial score (nSPS) is 16.0. The molecule has 2 rings (SSSR count). The minimum atomic E-state index is -1.84. The van der Waals surface area contributed by atoms with Gasteiger partial charge in [0.25, 0.3) is 5.78 Å². The van der Waals surface area contributed by atoms with Crippen LogP contribution in [0.25, 0.3) is 0 Å². The van der Waals surface area contributed by atoms with E-state index in [4.69, 9.17) is 4.74 Å². The SMILES string of the molecule is CC(C)Oc1ccccc1C(=O)C1([N+](=O)[O-])C=CCC=C1. The monoisotopic (exact) mass is 287 g/mol. The third-order valence-corrected chi connectivity index (χ3v) is 3.18. The Hall–Kier alpha value is -2.43. The average molecular weight is 287 g/mol. The summed E-state index contributed by atoms with van der Waals surface area (Å²) >= 11 is 0. The molecule has 0 heterocycles. The summed E-state index contributed by atoms with van der Waals surface area (Å²) in [5.74, 6) is -0.220. The molecule has 0 N–H and O–H groups in total. The topological polar surface area (TPSA) is 69.4 Å². The molecular formula is C16H17NO4. The summed E-state index contributed by atoms with van der Waals surface area (Å²) in [5, 5.41) is 11.5. The van der Waals surface area contributed by atoms with Gasteiger partial charge in [-0.2, -0.15) is 0 Å². The second-order valence-corrected chi connectivity index (χ2v) is 5.11. The van der Waals surface area contributed by atoms with Crippen LogP contribution in [0, 0.1) is 10.1 Å². The smallest absolute Gasteiger partial charge is 0.320 e. The molecule has 0 saturated carbocycles. The zero-order chi connectivity index (χ0) is 15.5. The predicted molar refractivity (Wildman–Crippen MR) is 79.2 cm³/mol. The molecule has 0 unspecified atom stereocenters. The largest absolute Gasteiger partial charge is 0.490 e. The van der Waals surface area contributed by atoms with Gasteiger partial charge in [0.05, 0.1) is 11.7 Å². The third kappa shape index (κ3) is 2.86. The molecule has 5 nitrogen and oxygen atoms in total. The molecule has 110 valence electrons. The number of ether oxygens (including phenoxy) is 1. The van der Waals surface area contributed by atoms with E-state index in [0.29, 0.717) is 12.2 Å². The van der Waals surface area contributed by atoms with Gasteiger partial charge in [-0.1, -0.05) is 24.3 Å². The number of Topliss-reactive ketones (excluding diaryl/α,β-unsaturated/α-hetero) is 1. The van der Waals surface area contributed by atoms with Crippen LogP contribution in [0.4, 0.5) is 0 Å². The molecule has 21 heavy (non-hydrogen) atoms. The summed E-state index contributed by atoms with van der Waals surface area (Å²) in [7, 11) is 0. The molecule has 5 heteroatoms. The molecule has 1 aromatic rings. The van der Waals surface area contributed by atoms with E-state index in [1.807, 2.05) is 13.8 Å². The van der Waals surface area contributed by atoms with Crippen molar-refractivity contribution in [2.45, 2.75) is 31.9 Å². The van der Waals surface area contributed by atoms with Gasteiger partial charge in [0.15, 0.2) is 0 Å². The van der Waals surface area contributed by atoms with Crippen molar-refractivity contribution in [1.29, 1.82) is 0 Å². The molecule has 1 aliphatic rings. The van der Waals surface area contributed by atoms with Crippen molar-refractivity contribution in [3.63, 3.8) is 0 Å². The number of benzene rings is 1. The van der Waals surface area contributed by atoms with Gasteiger partial charge in [-0.15, -0.1) is 0 Å². The van der Waals surface area contributed by atoms with Gasteiger partial charge in [0.2, 0.25) is 0 Å². The Morgan fingerprint density at radius 2 is 1.90 bits per heavy atom. The maximum absolute atomic E-state index is 12.7. The lowest BCUT2D eigenvalue weighted by Gasteiger charge is -2.21. The predicted octanol–water partition coefficient (Wildman–Crippen LogP) is 3.19. The van der Waals surface area contributed by atoms with Crippen LogP contribution >= 0.6 is 0 Å². The van der Waals surface area contributed by atoms with Gasteiger partial charge in [0.1, 0.15) is 5.75 Å². The lowest BCUT2D eigenvalue weighted by Crippen LogP contribution is -2.43. The molecule has 0 bridgehead atoms. The van der Waals surface area contributed by atoms with Crippen LogP contribution in [0.1, 0.15) is 30.6 Å². The van der Waals surface area contributed by atoms with Crippen molar-refractivity contribution >= 4 is 5.78 Å². The summed E-state index contributed by atoms with van der Waals surface area (Å²) in [5.41, 5.74) is -1.62. The number of carbonyl (C=O) groups is 1. The molecule has 1 aliphatic carbocycles. The summed E-state index contributed by atoms with van der Waals surface area (Å²) in [6, 6.07) is 6.61. The number of rotatable bonds is 5. The highest BCUT2D eigenvalue weighted by molar-refractivity contribution is 6.07. The van der Waals surface area contributed by atoms with Gasteiger partial charge in [0, 0.05) is 17.1 Å². The fourth-order valence-corrected chi connectivity index (χ4v) is 2.21. The molecule has 0 radical (unpaired) electrons. The summed E-state index contributed by atoms with van der Waals surface area (Å²) in [6.07, 6.45) is 6.43. The number of para-hydroxylation sites is 1. The van der Waals surface area contributed by atoms with E-state index < -0.39 is 16.2 Å². The van der Waals surface area contributed by atoms with Crippen LogP contribution in [0.5, 0.6) is 5.75 Å². The van der Waals surface area contributed by atoms with Gasteiger partial charge in [-0.25, -0.2) is 0 Å². The molecule has 0 saturated heterocycles. The van der Waals surface area contributed by atoms with E-state index in [2.05, 4.69) is 0 Å². The maximum Gasteiger partial charge on any atom is 0.320 e. The number of hydrogen-bond acceptors (Lipinski definition) is 4. The van der Waals surface area contributed by atoms with Crippen LogP contribution in [-0.2, 0) is 0 Å². The van der Waals surface area contributed by atoms with Crippen molar-refractivity contribution in [3.8, 4) is 5.75 Å². The molecule has 0 amide bonds. The molecule has 1 aromatic carbocycles. The number of nitro groups is 1. The van der Waals surface area contributed by atoms with Crippen LogP contribution in [0.15, 0.2) is 48.6 Å². The minimum Gasteiger partial charge on any atom is -0.490 e. The van der Waals surface area contributed by atoms with Crippen molar-refractivity contribution < 1.29 is 14.5 Å². The van der Waals surface area contributed by atoms with Crippen molar-refractivity contribution in [2.24, 2.45) is 0 Å². The van der Waals surface area contributed by atoms with Crippen molar-refractivity contribution in [1.82, 2.24) is 0 Å². The summed E-state index contributed by atoms with van der Waals surface area (Å²) in [6.45, 7) is 3.68. The van der Waals surface area contributed by atoms with E-state index in [0.717, 1.165) is 0 Å². The van der Waals surface area contributed by atoms with Crippen LogP contribution in [0.2, 0.25) is 0 Å². The number of carbonyl (C=O) groups excluding carboxylic acids is 1. The number of hydrogen-bond donors (Lipinski definition) is 0. The Morgan fingerprint density at radius 1 is 1.29 bits per heavy atom. The Morgan fingerprint density at radius 3 is 2.48 bits per heavy atom. The first-order valence-electron chi connectivity index (χ1n) is 6.78. The Balaban J connectivity index is 2.48. The quantitative estimate of drug-likeness (QED) is 0.361. The Bertz CT molecular complexity index is 604. The second kappa shape index (κ2) is 5.91. The van der Waals surface area contributed by atoms with E-state index >= 15 is 0 Å². The maximum atomic E-state index is 12.7. The third-order valence-electron chi connectivity index (χ3n) is 3.18. The molecule has 0 spiro atoms. The molecule has 0 atom stereocenters. The van der Waals surface area contributed by atoms with Crippen LogP contribution in [0.3, 0.4) is 0 Å². The highest BCUT2D eigenvalue weighted by atomic mass is 16.6. The Kier molecular flexibility index (Phi) is 4.21. The first-order chi connectivity index (χ1) is 9.97. The minimum absolute atomic E-state index is 0.122. The fraction of sp³-hybridized carbons (Fsp3) is 0.312. The van der Waals surface area contributed by atoms with Crippen molar-refractivity contribution in [3.05, 3.63) is 64.2 Å². The molecule has 0 aromatic heterocycles. The molecule has 0 fully saturated rings. The van der Waals surface area contributed by atoms with Gasteiger partial charge in [-0.05, 0) is 32.4 Å². The summed E-state index contributed by atoms with van der Waals surface area (Å²) < 4.78 is 5.59. The van der Waals surface area contributed by atoms with Gasteiger partial charge >= 0.3 is 5.54 Å². The van der Waals surface area contributed by atoms with Crippen LogP contribution < -0.4 is 4.74 Å². The first-order valence-corrected chi connectivity index (χ1v) is 6.78. The first kappa shape index (κ1) is 15.0. The van der Waals surface area contributed by atoms with Gasteiger partial charge in [-0.3, -0.25) is 14.9 Å².